The van der Waals surface area contributed by atoms with Crippen molar-refractivity contribution in [3.63, 3.8) is 0 Å². The second-order valence-electron chi connectivity index (χ2n) is 4.63. The maximum absolute atomic E-state index is 11.7. The van der Waals surface area contributed by atoms with E-state index in [0.29, 0.717) is 0 Å². The molecule has 0 aromatic rings. The first-order valence-electron chi connectivity index (χ1n) is 6.62. The maximum Gasteiger partial charge on any atom is 0.266 e. The van der Waals surface area contributed by atoms with Gasteiger partial charge in [0.2, 0.25) is 11.8 Å². The van der Waals surface area contributed by atoms with Crippen LogP contribution in [0.3, 0.4) is 0 Å². The van der Waals surface area contributed by atoms with Crippen molar-refractivity contribution >= 4 is 32.1 Å². The molecule has 0 aliphatic rings. The summed E-state index contributed by atoms with van der Waals surface area (Å²) in [5.41, 5.74) is 0. The number of carbonyl (C=O) groups is 2. The standard InChI is InChI=1S/C12H20N2O8S2/c1-3-11(15)13(7-9-23(17,18)19)5-6-14(12(16)4-2)8-10-24(20,21)22/h3-4H,1-2,5-10H2,(H,17,18,19)(H,20,21,22). The van der Waals surface area contributed by atoms with E-state index in [1.165, 1.54) is 0 Å². The molecule has 2 N–H and O–H groups in total. The summed E-state index contributed by atoms with van der Waals surface area (Å²) in [5, 5.41) is 0. The lowest BCUT2D eigenvalue weighted by atomic mass is 10.3. The quantitative estimate of drug-likeness (QED) is 0.333. The van der Waals surface area contributed by atoms with E-state index in [2.05, 4.69) is 13.2 Å². The Morgan fingerprint density at radius 1 is 0.750 bits per heavy atom. The molecule has 2 amide bonds. The SMILES string of the molecule is C=CC(=O)N(CCN(CCS(=O)(=O)O)C(=O)C=C)CCS(=O)(=O)O. The Bertz CT molecular complexity index is 624. The molecule has 0 fully saturated rings. The van der Waals surface area contributed by atoms with Crippen LogP contribution in [0.5, 0.6) is 0 Å². The highest BCUT2D eigenvalue weighted by Gasteiger charge is 2.18. The molecule has 0 spiro atoms. The summed E-state index contributed by atoms with van der Waals surface area (Å²) >= 11 is 0. The number of hydrogen-bond acceptors (Lipinski definition) is 6. The second-order valence-corrected chi connectivity index (χ2v) is 7.78. The molecule has 12 heteroatoms. The zero-order valence-corrected chi connectivity index (χ0v) is 14.5. The smallest absolute Gasteiger partial charge is 0.266 e. The highest BCUT2D eigenvalue weighted by Crippen LogP contribution is 1.99. The van der Waals surface area contributed by atoms with Gasteiger partial charge in [-0.15, -0.1) is 0 Å². The molecule has 0 unspecified atom stereocenters. The maximum atomic E-state index is 11.7. The molecule has 0 saturated heterocycles. The molecule has 0 aliphatic heterocycles. The van der Waals surface area contributed by atoms with Gasteiger partial charge in [0.25, 0.3) is 20.2 Å². The van der Waals surface area contributed by atoms with Crippen LogP contribution in [-0.4, -0.2) is 85.2 Å². The first-order chi connectivity index (χ1) is 10.9. The summed E-state index contributed by atoms with van der Waals surface area (Å²) < 4.78 is 60.6. The zero-order chi connectivity index (χ0) is 19.0. The molecule has 0 radical (unpaired) electrons. The predicted molar refractivity (Wildman–Crippen MR) is 86.4 cm³/mol. The lowest BCUT2D eigenvalue weighted by Gasteiger charge is -2.26. The summed E-state index contributed by atoms with van der Waals surface area (Å²) in [6.45, 7) is 5.58. The summed E-state index contributed by atoms with van der Waals surface area (Å²) in [6, 6.07) is 0. The first-order valence-corrected chi connectivity index (χ1v) is 9.84. The van der Waals surface area contributed by atoms with E-state index in [1.807, 2.05) is 0 Å². The molecule has 0 bridgehead atoms. The van der Waals surface area contributed by atoms with E-state index in [0.717, 1.165) is 22.0 Å². The third kappa shape index (κ3) is 10.1. The number of hydrogen-bond donors (Lipinski definition) is 2. The summed E-state index contributed by atoms with van der Waals surface area (Å²) in [4.78, 5) is 25.4. The van der Waals surface area contributed by atoms with Crippen molar-refractivity contribution < 1.29 is 35.5 Å². The Morgan fingerprint density at radius 3 is 1.25 bits per heavy atom. The van der Waals surface area contributed by atoms with E-state index in [1.54, 1.807) is 0 Å². The van der Waals surface area contributed by atoms with Crippen LogP contribution in [-0.2, 0) is 29.8 Å². The minimum absolute atomic E-state index is 0.134. The minimum atomic E-state index is -4.29. The van der Waals surface area contributed by atoms with Gasteiger partial charge in [-0.05, 0) is 12.2 Å². The van der Waals surface area contributed by atoms with Crippen molar-refractivity contribution in [3.8, 4) is 0 Å². The van der Waals surface area contributed by atoms with Crippen molar-refractivity contribution in [2.24, 2.45) is 0 Å². The monoisotopic (exact) mass is 384 g/mol. The molecular formula is C12H20N2O8S2. The fourth-order valence-electron chi connectivity index (χ4n) is 1.62. The lowest BCUT2D eigenvalue weighted by molar-refractivity contribution is -0.129. The van der Waals surface area contributed by atoms with Crippen LogP contribution in [0.15, 0.2) is 25.3 Å². The van der Waals surface area contributed by atoms with Gasteiger partial charge < -0.3 is 9.80 Å². The van der Waals surface area contributed by atoms with Gasteiger partial charge >= 0.3 is 0 Å². The average molecular weight is 384 g/mol. The second kappa shape index (κ2) is 9.52. The van der Waals surface area contributed by atoms with Gasteiger partial charge in [0.15, 0.2) is 0 Å². The van der Waals surface area contributed by atoms with Crippen molar-refractivity contribution in [2.45, 2.75) is 0 Å². The Morgan fingerprint density at radius 2 is 1.04 bits per heavy atom. The number of amides is 2. The van der Waals surface area contributed by atoms with Crippen LogP contribution in [0, 0.1) is 0 Å². The molecule has 0 heterocycles. The third-order valence-corrected chi connectivity index (χ3v) is 4.25. The van der Waals surface area contributed by atoms with Crippen molar-refractivity contribution in [1.29, 1.82) is 0 Å². The van der Waals surface area contributed by atoms with Crippen molar-refractivity contribution in [1.82, 2.24) is 9.80 Å². The van der Waals surface area contributed by atoms with E-state index in [-0.39, 0.29) is 26.2 Å². The van der Waals surface area contributed by atoms with E-state index in [4.69, 9.17) is 9.11 Å². The molecule has 0 aromatic carbocycles. The summed E-state index contributed by atoms with van der Waals surface area (Å²) in [5.74, 6) is -2.65. The lowest BCUT2D eigenvalue weighted by Crippen LogP contribution is -2.43. The average Bonchev–Trinajstić information content (AvgIpc) is 2.46. The topological polar surface area (TPSA) is 149 Å². The van der Waals surface area contributed by atoms with Gasteiger partial charge in [0.1, 0.15) is 0 Å². The number of nitrogens with zero attached hydrogens (tertiary/aromatic N) is 2. The molecule has 10 nitrogen and oxygen atoms in total. The molecule has 0 aromatic heterocycles. The van der Waals surface area contributed by atoms with Crippen LogP contribution >= 0.6 is 0 Å². The normalized spacial score (nSPS) is 11.6. The Kier molecular flexibility index (Phi) is 8.82. The highest BCUT2D eigenvalue weighted by atomic mass is 32.2. The van der Waals surface area contributed by atoms with Crippen molar-refractivity contribution in [2.75, 3.05) is 37.7 Å². The van der Waals surface area contributed by atoms with Gasteiger partial charge in [0.05, 0.1) is 11.5 Å². The molecule has 24 heavy (non-hydrogen) atoms. The van der Waals surface area contributed by atoms with Gasteiger partial charge in [-0.1, -0.05) is 13.2 Å². The van der Waals surface area contributed by atoms with E-state index in [9.17, 15) is 26.4 Å². The fraction of sp³-hybridized carbons (Fsp3) is 0.500. The van der Waals surface area contributed by atoms with E-state index >= 15 is 0 Å². The van der Waals surface area contributed by atoms with Gasteiger partial charge in [0, 0.05) is 26.2 Å². The number of carbonyl (C=O) groups excluding carboxylic acids is 2. The summed E-state index contributed by atoms with van der Waals surface area (Å²) in [7, 11) is -8.57. The Labute approximate surface area is 140 Å². The third-order valence-electron chi connectivity index (χ3n) is 2.85. The number of rotatable bonds is 11. The molecule has 0 rings (SSSR count). The Balaban J connectivity index is 4.95. The summed E-state index contributed by atoms with van der Waals surface area (Å²) in [6.07, 6.45) is 1.86. The molecular weight excluding hydrogens is 364 g/mol. The van der Waals surface area contributed by atoms with Crippen molar-refractivity contribution in [3.05, 3.63) is 25.3 Å². The molecule has 0 saturated carbocycles. The predicted octanol–water partition coefficient (Wildman–Crippen LogP) is -1.21. The van der Waals surface area contributed by atoms with Gasteiger partial charge in [-0.25, -0.2) is 0 Å². The molecule has 138 valence electrons. The van der Waals surface area contributed by atoms with Crippen LogP contribution in [0.1, 0.15) is 0 Å². The van der Waals surface area contributed by atoms with Crippen LogP contribution in [0.2, 0.25) is 0 Å². The Hall–Kier alpha value is -1.76. The highest BCUT2D eigenvalue weighted by molar-refractivity contribution is 7.86. The zero-order valence-electron chi connectivity index (χ0n) is 12.9. The van der Waals surface area contributed by atoms with Crippen LogP contribution < -0.4 is 0 Å². The van der Waals surface area contributed by atoms with Gasteiger partial charge in [-0.2, -0.15) is 16.8 Å². The van der Waals surface area contributed by atoms with Gasteiger partial charge in [-0.3, -0.25) is 18.7 Å². The molecule has 0 aliphatic carbocycles. The minimum Gasteiger partial charge on any atom is -0.336 e. The fourth-order valence-corrected chi connectivity index (χ4v) is 2.52. The van der Waals surface area contributed by atoms with Crippen LogP contribution in [0.4, 0.5) is 0 Å². The largest absolute Gasteiger partial charge is 0.336 e. The van der Waals surface area contributed by atoms with Crippen LogP contribution in [0.25, 0.3) is 0 Å². The van der Waals surface area contributed by atoms with E-state index < -0.39 is 43.6 Å². The molecule has 0 atom stereocenters. The first kappa shape index (κ1) is 22.2.